The summed E-state index contributed by atoms with van der Waals surface area (Å²) in [6, 6.07) is 3.97. The number of ether oxygens (including phenoxy) is 3. The molecule has 0 amide bonds. The molecule has 0 atom stereocenters. The molecule has 6 nitrogen and oxygen atoms in total. The Morgan fingerprint density at radius 2 is 2.08 bits per heavy atom. The van der Waals surface area contributed by atoms with Crippen LogP contribution in [0.3, 0.4) is 0 Å². The van der Waals surface area contributed by atoms with Gasteiger partial charge in [0.2, 0.25) is 0 Å². The van der Waals surface area contributed by atoms with E-state index in [1.165, 1.54) is 0 Å². The van der Waals surface area contributed by atoms with E-state index >= 15 is 0 Å². The summed E-state index contributed by atoms with van der Waals surface area (Å²) in [6.07, 6.45) is 1.18. The third-order valence-electron chi connectivity index (χ3n) is 3.95. The van der Waals surface area contributed by atoms with Gasteiger partial charge >= 0.3 is 5.97 Å². The molecule has 0 N–H and O–H groups in total. The van der Waals surface area contributed by atoms with Crippen molar-refractivity contribution in [3.8, 4) is 11.5 Å². The smallest absolute Gasteiger partial charge is 0.333 e. The van der Waals surface area contributed by atoms with Crippen molar-refractivity contribution in [1.29, 1.82) is 0 Å². The van der Waals surface area contributed by atoms with Crippen LogP contribution < -0.4 is 9.47 Å². The minimum atomic E-state index is -0.383. The summed E-state index contributed by atoms with van der Waals surface area (Å²) in [5, 5.41) is 0. The standard InChI is InChI=1S/C19H25NO5/c1-13(2)19(22)24-8-7-20-11-16-9-15(6-5-14(3)21)10-17(23-4)18(16)25-12-20/h9-10H,1,5-8,11-12H2,2-4H3. The van der Waals surface area contributed by atoms with Crippen molar-refractivity contribution in [1.82, 2.24) is 4.90 Å². The normalized spacial score (nSPS) is 13.6. The van der Waals surface area contributed by atoms with Gasteiger partial charge < -0.3 is 19.0 Å². The molecule has 1 heterocycles. The van der Waals surface area contributed by atoms with E-state index in [-0.39, 0.29) is 18.4 Å². The number of nitrogens with zero attached hydrogens (tertiary/aromatic N) is 1. The van der Waals surface area contributed by atoms with Crippen molar-refractivity contribution in [3.05, 3.63) is 35.4 Å². The molecule has 136 valence electrons. The maximum atomic E-state index is 11.4. The van der Waals surface area contributed by atoms with Crippen LogP contribution in [0.1, 0.15) is 31.4 Å². The lowest BCUT2D eigenvalue weighted by Gasteiger charge is -2.30. The minimum absolute atomic E-state index is 0.161. The van der Waals surface area contributed by atoms with E-state index in [1.807, 2.05) is 17.0 Å². The highest BCUT2D eigenvalue weighted by molar-refractivity contribution is 5.86. The van der Waals surface area contributed by atoms with Gasteiger partial charge in [-0.1, -0.05) is 12.6 Å². The van der Waals surface area contributed by atoms with E-state index in [0.29, 0.717) is 44.0 Å². The third kappa shape index (κ3) is 5.32. The largest absolute Gasteiger partial charge is 0.493 e. The molecule has 0 aliphatic carbocycles. The highest BCUT2D eigenvalue weighted by Gasteiger charge is 2.22. The van der Waals surface area contributed by atoms with Gasteiger partial charge in [0.25, 0.3) is 0 Å². The van der Waals surface area contributed by atoms with Crippen LogP contribution in [0.2, 0.25) is 0 Å². The van der Waals surface area contributed by atoms with Crippen molar-refractivity contribution in [2.45, 2.75) is 33.2 Å². The predicted molar refractivity (Wildman–Crippen MR) is 93.7 cm³/mol. The summed E-state index contributed by atoms with van der Waals surface area (Å²) in [7, 11) is 1.61. The number of Topliss-reactive ketones (excluding diaryl/α,β-unsaturated/α-hetero) is 1. The molecule has 0 radical (unpaired) electrons. The second kappa shape index (κ2) is 8.67. The van der Waals surface area contributed by atoms with Gasteiger partial charge in [0.15, 0.2) is 11.5 Å². The lowest BCUT2D eigenvalue weighted by Crippen LogP contribution is -2.35. The maximum absolute atomic E-state index is 11.4. The summed E-state index contributed by atoms with van der Waals surface area (Å²) < 4.78 is 16.4. The molecule has 0 aromatic heterocycles. The van der Waals surface area contributed by atoms with Gasteiger partial charge in [0, 0.05) is 30.6 Å². The molecule has 0 bridgehead atoms. The monoisotopic (exact) mass is 347 g/mol. The van der Waals surface area contributed by atoms with Crippen LogP contribution in [0, 0.1) is 0 Å². The van der Waals surface area contributed by atoms with Crippen LogP contribution >= 0.6 is 0 Å². The first kappa shape index (κ1) is 19.0. The van der Waals surface area contributed by atoms with E-state index in [1.54, 1.807) is 21.0 Å². The number of hydrogen-bond donors (Lipinski definition) is 0. The van der Waals surface area contributed by atoms with Crippen molar-refractivity contribution in [3.63, 3.8) is 0 Å². The Morgan fingerprint density at radius 3 is 2.72 bits per heavy atom. The first-order valence-corrected chi connectivity index (χ1v) is 8.27. The zero-order valence-electron chi connectivity index (χ0n) is 15.1. The molecular weight excluding hydrogens is 322 g/mol. The van der Waals surface area contributed by atoms with E-state index in [4.69, 9.17) is 14.2 Å². The second-order valence-electron chi connectivity index (χ2n) is 6.23. The van der Waals surface area contributed by atoms with Crippen molar-refractivity contribution >= 4 is 11.8 Å². The van der Waals surface area contributed by atoms with Crippen LogP contribution in [0.15, 0.2) is 24.3 Å². The van der Waals surface area contributed by atoms with Gasteiger partial charge in [-0.05, 0) is 31.9 Å². The Labute approximate surface area is 148 Å². The molecule has 0 unspecified atom stereocenters. The molecule has 0 spiro atoms. The lowest BCUT2D eigenvalue weighted by molar-refractivity contribution is -0.139. The van der Waals surface area contributed by atoms with E-state index in [9.17, 15) is 9.59 Å². The van der Waals surface area contributed by atoms with Gasteiger partial charge in [-0.3, -0.25) is 4.90 Å². The fourth-order valence-corrected chi connectivity index (χ4v) is 2.60. The molecule has 25 heavy (non-hydrogen) atoms. The number of rotatable bonds is 8. The van der Waals surface area contributed by atoms with E-state index in [0.717, 1.165) is 16.9 Å². The van der Waals surface area contributed by atoms with Crippen LogP contribution in [0.25, 0.3) is 0 Å². The van der Waals surface area contributed by atoms with Crippen molar-refractivity contribution in [2.75, 3.05) is 27.0 Å². The molecule has 1 aromatic carbocycles. The summed E-state index contributed by atoms with van der Waals surface area (Å²) in [6.45, 7) is 8.70. The summed E-state index contributed by atoms with van der Waals surface area (Å²) >= 11 is 0. The average Bonchev–Trinajstić information content (AvgIpc) is 2.58. The first-order chi connectivity index (χ1) is 11.9. The molecule has 2 rings (SSSR count). The Bertz CT molecular complexity index is 668. The van der Waals surface area contributed by atoms with Crippen LogP contribution in [-0.2, 0) is 27.3 Å². The lowest BCUT2D eigenvalue weighted by atomic mass is 10.0. The summed E-state index contributed by atoms with van der Waals surface area (Å²) in [4.78, 5) is 24.7. The zero-order valence-corrected chi connectivity index (χ0v) is 15.1. The van der Waals surface area contributed by atoms with Crippen LogP contribution in [0.4, 0.5) is 0 Å². The molecule has 0 fully saturated rings. The number of carbonyl (C=O) groups excluding carboxylic acids is 2. The number of esters is 1. The number of ketones is 1. The highest BCUT2D eigenvalue weighted by Crippen LogP contribution is 2.36. The van der Waals surface area contributed by atoms with Gasteiger partial charge in [0.05, 0.1) is 7.11 Å². The Balaban J connectivity index is 2.02. The van der Waals surface area contributed by atoms with Crippen LogP contribution in [0.5, 0.6) is 11.5 Å². The van der Waals surface area contributed by atoms with Gasteiger partial charge in [-0.25, -0.2) is 4.79 Å². The third-order valence-corrected chi connectivity index (χ3v) is 3.95. The number of benzene rings is 1. The average molecular weight is 347 g/mol. The van der Waals surface area contributed by atoms with E-state index in [2.05, 4.69) is 6.58 Å². The number of fused-ring (bicyclic) bond motifs is 1. The molecule has 0 saturated heterocycles. The Morgan fingerprint density at radius 1 is 1.32 bits per heavy atom. The van der Waals surface area contributed by atoms with Crippen LogP contribution in [-0.4, -0.2) is 43.6 Å². The first-order valence-electron chi connectivity index (χ1n) is 8.27. The second-order valence-corrected chi connectivity index (χ2v) is 6.23. The quantitative estimate of drug-likeness (QED) is 0.532. The Hall–Kier alpha value is -2.34. The predicted octanol–water partition coefficient (Wildman–Crippen LogP) is 2.49. The molecular formula is C19H25NO5. The number of carbonyl (C=O) groups is 2. The summed E-state index contributed by atoms with van der Waals surface area (Å²) in [5.74, 6) is 1.20. The number of aryl methyl sites for hydroxylation is 1. The number of methoxy groups -OCH3 is 1. The number of hydrogen-bond acceptors (Lipinski definition) is 6. The Kier molecular flexibility index (Phi) is 6.58. The topological polar surface area (TPSA) is 65.1 Å². The zero-order chi connectivity index (χ0) is 18.4. The van der Waals surface area contributed by atoms with E-state index < -0.39 is 0 Å². The summed E-state index contributed by atoms with van der Waals surface area (Å²) in [5.41, 5.74) is 2.44. The maximum Gasteiger partial charge on any atom is 0.333 e. The molecule has 6 heteroatoms. The van der Waals surface area contributed by atoms with Gasteiger partial charge in [0.1, 0.15) is 19.1 Å². The molecule has 1 aromatic rings. The minimum Gasteiger partial charge on any atom is -0.493 e. The fourth-order valence-electron chi connectivity index (χ4n) is 2.60. The van der Waals surface area contributed by atoms with Crippen molar-refractivity contribution in [2.24, 2.45) is 0 Å². The molecule has 1 aliphatic heterocycles. The molecule has 1 aliphatic rings. The van der Waals surface area contributed by atoms with Crippen molar-refractivity contribution < 1.29 is 23.8 Å². The highest BCUT2D eigenvalue weighted by atomic mass is 16.5. The SMILES string of the molecule is C=C(C)C(=O)OCCN1COc2c(cc(CCC(C)=O)cc2OC)C1. The van der Waals surface area contributed by atoms with Gasteiger partial charge in [-0.2, -0.15) is 0 Å². The molecule has 0 saturated carbocycles. The fraction of sp³-hybridized carbons (Fsp3) is 0.474. The van der Waals surface area contributed by atoms with Gasteiger partial charge in [-0.15, -0.1) is 0 Å².